The molecule has 16 heavy (non-hydrogen) atoms. The minimum atomic E-state index is -0.914. The topological polar surface area (TPSA) is 84.0 Å². The van der Waals surface area contributed by atoms with Crippen molar-refractivity contribution < 1.29 is 28.5 Å². The Labute approximate surface area is 90.9 Å². The first-order valence-corrected chi connectivity index (χ1v) is 4.13. The van der Waals surface area contributed by atoms with Crippen molar-refractivity contribution in [3.63, 3.8) is 0 Å². The summed E-state index contributed by atoms with van der Waals surface area (Å²) in [5.74, 6) is 0.0917. The van der Waals surface area contributed by atoms with Gasteiger partial charge in [-0.25, -0.2) is 14.6 Å². The van der Waals surface area contributed by atoms with Crippen molar-refractivity contribution in [2.75, 3.05) is 14.2 Å². The molecule has 0 saturated carbocycles. The molecule has 86 valence electrons. The Balaban J connectivity index is 2.71. The van der Waals surface area contributed by atoms with Crippen molar-refractivity contribution in [3.05, 3.63) is 18.3 Å². The molecule has 0 N–H and O–H groups in total. The van der Waals surface area contributed by atoms with Crippen molar-refractivity contribution in [2.45, 2.75) is 0 Å². The summed E-state index contributed by atoms with van der Waals surface area (Å²) in [6.45, 7) is 0. The average molecular weight is 227 g/mol. The van der Waals surface area contributed by atoms with E-state index in [1.807, 2.05) is 0 Å². The molecule has 0 aliphatic rings. The van der Waals surface area contributed by atoms with Crippen LogP contribution in [0.1, 0.15) is 0 Å². The highest BCUT2D eigenvalue weighted by atomic mass is 16.7. The number of nitrogens with zero attached hydrogens (tertiary/aromatic N) is 1. The van der Waals surface area contributed by atoms with Crippen LogP contribution < -0.4 is 9.47 Å². The van der Waals surface area contributed by atoms with Crippen LogP contribution in [0.3, 0.4) is 0 Å². The molecule has 0 spiro atoms. The predicted molar refractivity (Wildman–Crippen MR) is 50.3 cm³/mol. The van der Waals surface area contributed by atoms with Gasteiger partial charge in [0.1, 0.15) is 5.75 Å². The lowest BCUT2D eigenvalue weighted by molar-refractivity contribution is 0.118. The Kier molecular flexibility index (Phi) is 4.07. The van der Waals surface area contributed by atoms with Crippen LogP contribution in [-0.2, 0) is 9.47 Å². The van der Waals surface area contributed by atoms with E-state index in [4.69, 9.17) is 0 Å². The lowest BCUT2D eigenvalue weighted by Gasteiger charge is -2.04. The Morgan fingerprint density at radius 3 is 2.38 bits per heavy atom. The van der Waals surface area contributed by atoms with Gasteiger partial charge in [-0.2, -0.15) is 0 Å². The van der Waals surface area contributed by atoms with Crippen LogP contribution in [0.25, 0.3) is 0 Å². The molecular weight excluding hydrogens is 218 g/mol. The summed E-state index contributed by atoms with van der Waals surface area (Å²) < 4.78 is 17.8. The smallest absolute Gasteiger partial charge is 0.437 e. The molecule has 0 unspecified atom stereocenters. The lowest BCUT2D eigenvalue weighted by Crippen LogP contribution is -2.10. The van der Waals surface area contributed by atoms with Gasteiger partial charge in [0.2, 0.25) is 5.88 Å². The molecule has 1 aromatic rings. The third kappa shape index (κ3) is 3.45. The molecule has 0 aromatic carbocycles. The number of rotatable bonds is 2. The normalized spacial score (nSPS) is 9.12. The standard InChI is InChI=1S/C9H9NO6/c1-13-8(11)15-6-3-4-10-7(5-6)16-9(12)14-2/h3-5H,1-2H3. The van der Waals surface area contributed by atoms with Crippen LogP contribution in [0.2, 0.25) is 0 Å². The summed E-state index contributed by atoms with van der Waals surface area (Å²) in [4.78, 5) is 25.2. The SMILES string of the molecule is COC(=O)Oc1ccnc(OC(=O)OC)c1. The van der Waals surface area contributed by atoms with Gasteiger partial charge in [0.15, 0.2) is 0 Å². The van der Waals surface area contributed by atoms with Gasteiger partial charge in [0, 0.05) is 12.3 Å². The average Bonchev–Trinajstić information content (AvgIpc) is 2.29. The van der Waals surface area contributed by atoms with E-state index >= 15 is 0 Å². The summed E-state index contributed by atoms with van der Waals surface area (Å²) in [7, 11) is 2.34. The molecule has 1 rings (SSSR count). The molecule has 7 heteroatoms. The quantitative estimate of drug-likeness (QED) is 0.705. The van der Waals surface area contributed by atoms with Crippen molar-refractivity contribution in [2.24, 2.45) is 0 Å². The zero-order valence-electron chi connectivity index (χ0n) is 8.63. The van der Waals surface area contributed by atoms with E-state index in [0.29, 0.717) is 0 Å². The Bertz CT molecular complexity index is 358. The van der Waals surface area contributed by atoms with Gasteiger partial charge in [-0.15, -0.1) is 0 Å². The summed E-state index contributed by atoms with van der Waals surface area (Å²) >= 11 is 0. The first-order valence-electron chi connectivity index (χ1n) is 4.13. The van der Waals surface area contributed by atoms with E-state index < -0.39 is 12.3 Å². The van der Waals surface area contributed by atoms with Gasteiger partial charge >= 0.3 is 12.3 Å². The number of hydrogen-bond acceptors (Lipinski definition) is 7. The van der Waals surface area contributed by atoms with Crippen LogP contribution in [-0.4, -0.2) is 31.5 Å². The Morgan fingerprint density at radius 2 is 1.75 bits per heavy atom. The molecule has 0 fully saturated rings. The van der Waals surface area contributed by atoms with Gasteiger partial charge < -0.3 is 18.9 Å². The summed E-state index contributed by atoms with van der Waals surface area (Å²) in [6.07, 6.45) is -0.491. The maximum absolute atomic E-state index is 10.8. The van der Waals surface area contributed by atoms with E-state index in [1.54, 1.807) is 0 Å². The molecule has 0 radical (unpaired) electrons. The third-order valence-electron chi connectivity index (χ3n) is 1.43. The van der Waals surface area contributed by atoms with Crippen LogP contribution in [0.4, 0.5) is 9.59 Å². The fourth-order valence-electron chi connectivity index (χ4n) is 0.776. The molecule has 0 amide bonds. The maximum Gasteiger partial charge on any atom is 0.514 e. The largest absolute Gasteiger partial charge is 0.514 e. The zero-order valence-corrected chi connectivity index (χ0v) is 8.63. The monoisotopic (exact) mass is 227 g/mol. The Morgan fingerprint density at radius 1 is 1.12 bits per heavy atom. The van der Waals surface area contributed by atoms with Crippen LogP contribution >= 0.6 is 0 Å². The van der Waals surface area contributed by atoms with Crippen molar-refractivity contribution in [3.8, 4) is 11.6 Å². The maximum atomic E-state index is 10.8. The number of aromatic nitrogens is 1. The fourth-order valence-corrected chi connectivity index (χ4v) is 0.776. The summed E-state index contributed by atoms with van der Waals surface area (Å²) in [5, 5.41) is 0. The van der Waals surface area contributed by atoms with E-state index in [-0.39, 0.29) is 11.6 Å². The first-order chi connectivity index (χ1) is 7.65. The second-order valence-electron chi connectivity index (χ2n) is 2.44. The van der Waals surface area contributed by atoms with E-state index in [0.717, 1.165) is 7.11 Å². The van der Waals surface area contributed by atoms with Gasteiger partial charge in [-0.1, -0.05) is 0 Å². The predicted octanol–water partition coefficient (Wildman–Crippen LogP) is 1.37. The van der Waals surface area contributed by atoms with E-state index in [2.05, 4.69) is 23.9 Å². The Hall–Kier alpha value is -2.31. The summed E-state index contributed by atoms with van der Waals surface area (Å²) in [5.41, 5.74) is 0. The summed E-state index contributed by atoms with van der Waals surface area (Å²) in [6, 6.07) is 2.65. The first kappa shape index (κ1) is 11.8. The van der Waals surface area contributed by atoms with Gasteiger partial charge in [-0.3, -0.25) is 0 Å². The highest BCUT2D eigenvalue weighted by Crippen LogP contribution is 2.17. The van der Waals surface area contributed by atoms with Gasteiger partial charge in [0.25, 0.3) is 0 Å². The number of pyridine rings is 1. The number of methoxy groups -OCH3 is 2. The molecular formula is C9H9NO6. The van der Waals surface area contributed by atoms with Crippen LogP contribution in [0.5, 0.6) is 11.6 Å². The molecule has 0 aliphatic carbocycles. The lowest BCUT2D eigenvalue weighted by atomic mass is 10.4. The molecule has 7 nitrogen and oxygen atoms in total. The molecule has 0 bridgehead atoms. The number of ether oxygens (including phenoxy) is 4. The van der Waals surface area contributed by atoms with Crippen LogP contribution in [0, 0.1) is 0 Å². The zero-order chi connectivity index (χ0) is 12.0. The highest BCUT2D eigenvalue weighted by Gasteiger charge is 2.08. The molecule has 0 atom stereocenters. The molecule has 1 heterocycles. The van der Waals surface area contributed by atoms with Gasteiger partial charge in [0.05, 0.1) is 14.2 Å². The van der Waals surface area contributed by atoms with Crippen LogP contribution in [0.15, 0.2) is 18.3 Å². The number of carbonyl (C=O) groups excluding carboxylic acids is 2. The third-order valence-corrected chi connectivity index (χ3v) is 1.43. The minimum Gasteiger partial charge on any atom is -0.437 e. The second kappa shape index (κ2) is 5.54. The van der Waals surface area contributed by atoms with E-state index in [1.165, 1.54) is 25.4 Å². The second-order valence-corrected chi connectivity index (χ2v) is 2.44. The number of carbonyl (C=O) groups is 2. The van der Waals surface area contributed by atoms with E-state index in [9.17, 15) is 9.59 Å². The molecule has 0 aliphatic heterocycles. The fraction of sp³-hybridized carbons (Fsp3) is 0.222. The van der Waals surface area contributed by atoms with Crippen molar-refractivity contribution >= 4 is 12.3 Å². The van der Waals surface area contributed by atoms with Gasteiger partial charge in [-0.05, 0) is 6.07 Å². The van der Waals surface area contributed by atoms with Crippen molar-refractivity contribution in [1.29, 1.82) is 0 Å². The highest BCUT2D eigenvalue weighted by molar-refractivity contribution is 5.65. The molecule has 1 aromatic heterocycles. The minimum absolute atomic E-state index is 0.0479. The van der Waals surface area contributed by atoms with Crippen molar-refractivity contribution in [1.82, 2.24) is 4.98 Å². The molecule has 0 saturated heterocycles. The number of hydrogen-bond donors (Lipinski definition) is 0.